The fraction of sp³-hybridized carbons (Fsp3) is 0.533. The van der Waals surface area contributed by atoms with Crippen molar-refractivity contribution in [2.24, 2.45) is 11.8 Å². The summed E-state index contributed by atoms with van der Waals surface area (Å²) in [6, 6.07) is 6.59. The first-order valence-electron chi connectivity index (χ1n) is 7.14. The monoisotopic (exact) mass is 259 g/mol. The molecule has 2 aromatic rings. The van der Waals surface area contributed by atoms with Gasteiger partial charge in [0.2, 0.25) is 0 Å². The summed E-state index contributed by atoms with van der Waals surface area (Å²) in [5, 5.41) is 3.59. The molecule has 1 aliphatic carbocycles. The number of rotatable bonds is 5. The minimum absolute atomic E-state index is 0.137. The van der Waals surface area contributed by atoms with Crippen molar-refractivity contribution >= 4 is 11.0 Å². The molecule has 1 fully saturated rings. The number of H-pyrrole nitrogens is 2. The molecule has 1 saturated carbocycles. The molecular formula is C15H21N3O. The topological polar surface area (TPSA) is 60.7 Å². The molecule has 3 rings (SSSR count). The van der Waals surface area contributed by atoms with Crippen molar-refractivity contribution < 1.29 is 0 Å². The SMILES string of the molecule is CCNC(c1ccc2[nH]c(=O)[nH]c2c1)C(C)C1CC1. The van der Waals surface area contributed by atoms with E-state index in [2.05, 4.69) is 41.3 Å². The Balaban J connectivity index is 1.95. The average Bonchev–Trinajstić information content (AvgIpc) is 3.16. The lowest BCUT2D eigenvalue weighted by Gasteiger charge is -2.25. The van der Waals surface area contributed by atoms with Crippen molar-refractivity contribution in [2.45, 2.75) is 32.7 Å². The molecule has 1 heterocycles. The third-order valence-corrected chi connectivity index (χ3v) is 4.21. The van der Waals surface area contributed by atoms with Gasteiger partial charge in [-0.25, -0.2) is 4.79 Å². The Morgan fingerprint density at radius 3 is 2.74 bits per heavy atom. The van der Waals surface area contributed by atoms with Gasteiger partial charge in [0, 0.05) is 6.04 Å². The van der Waals surface area contributed by atoms with E-state index in [0.29, 0.717) is 12.0 Å². The quantitative estimate of drug-likeness (QED) is 0.772. The number of imidazole rings is 1. The summed E-state index contributed by atoms with van der Waals surface area (Å²) in [5.41, 5.74) is 2.91. The Morgan fingerprint density at radius 1 is 1.32 bits per heavy atom. The van der Waals surface area contributed by atoms with E-state index in [9.17, 15) is 4.79 Å². The fourth-order valence-electron chi connectivity index (χ4n) is 2.97. The molecule has 4 heteroatoms. The molecule has 1 aliphatic rings. The van der Waals surface area contributed by atoms with E-state index in [-0.39, 0.29) is 5.69 Å². The molecule has 0 aliphatic heterocycles. The maximum absolute atomic E-state index is 11.3. The summed E-state index contributed by atoms with van der Waals surface area (Å²) >= 11 is 0. The number of nitrogens with one attached hydrogen (secondary N) is 3. The Kier molecular flexibility index (Phi) is 3.19. The number of fused-ring (bicyclic) bond motifs is 1. The van der Waals surface area contributed by atoms with Gasteiger partial charge in [0.15, 0.2) is 0 Å². The van der Waals surface area contributed by atoms with Crippen LogP contribution in [0.15, 0.2) is 23.0 Å². The molecule has 2 unspecified atom stereocenters. The van der Waals surface area contributed by atoms with E-state index < -0.39 is 0 Å². The number of aromatic amines is 2. The molecule has 102 valence electrons. The van der Waals surface area contributed by atoms with E-state index in [4.69, 9.17) is 0 Å². The van der Waals surface area contributed by atoms with E-state index in [0.717, 1.165) is 23.5 Å². The van der Waals surface area contributed by atoms with Gasteiger partial charge >= 0.3 is 5.69 Å². The van der Waals surface area contributed by atoms with Crippen LogP contribution in [0.25, 0.3) is 11.0 Å². The number of benzene rings is 1. The van der Waals surface area contributed by atoms with Gasteiger partial charge in [0.25, 0.3) is 0 Å². The minimum Gasteiger partial charge on any atom is -0.310 e. The van der Waals surface area contributed by atoms with Crippen LogP contribution in [-0.2, 0) is 0 Å². The zero-order chi connectivity index (χ0) is 13.4. The summed E-state index contributed by atoms with van der Waals surface area (Å²) in [4.78, 5) is 17.0. The van der Waals surface area contributed by atoms with Gasteiger partial charge in [-0.3, -0.25) is 0 Å². The lowest BCUT2D eigenvalue weighted by molar-refractivity contribution is 0.355. The summed E-state index contributed by atoms with van der Waals surface area (Å²) in [5.74, 6) is 1.49. The maximum Gasteiger partial charge on any atom is 0.323 e. The normalized spacial score (nSPS) is 18.6. The summed E-state index contributed by atoms with van der Waals surface area (Å²) in [6.07, 6.45) is 2.71. The largest absolute Gasteiger partial charge is 0.323 e. The van der Waals surface area contributed by atoms with Crippen LogP contribution in [0.3, 0.4) is 0 Å². The number of aromatic nitrogens is 2. The first-order valence-corrected chi connectivity index (χ1v) is 7.14. The molecule has 4 nitrogen and oxygen atoms in total. The van der Waals surface area contributed by atoms with E-state index in [1.807, 2.05) is 6.07 Å². The highest BCUT2D eigenvalue weighted by molar-refractivity contribution is 5.75. The Hall–Kier alpha value is -1.55. The zero-order valence-corrected chi connectivity index (χ0v) is 11.5. The zero-order valence-electron chi connectivity index (χ0n) is 11.5. The molecule has 0 amide bonds. The van der Waals surface area contributed by atoms with Crippen LogP contribution in [-0.4, -0.2) is 16.5 Å². The molecule has 0 spiro atoms. The van der Waals surface area contributed by atoms with Gasteiger partial charge in [-0.1, -0.05) is 19.9 Å². The van der Waals surface area contributed by atoms with Crippen LogP contribution in [0, 0.1) is 11.8 Å². The standard InChI is InChI=1S/C15H21N3O/c1-3-16-14(9(2)10-4-5-10)11-6-7-12-13(8-11)18-15(19)17-12/h6-10,14,16H,3-5H2,1-2H3,(H2,17,18,19). The fourth-order valence-corrected chi connectivity index (χ4v) is 2.97. The molecule has 1 aromatic carbocycles. The lowest BCUT2D eigenvalue weighted by atomic mass is 9.90. The Bertz CT molecular complexity index is 624. The highest BCUT2D eigenvalue weighted by atomic mass is 16.1. The predicted molar refractivity (Wildman–Crippen MR) is 77.2 cm³/mol. The van der Waals surface area contributed by atoms with Crippen molar-refractivity contribution in [3.8, 4) is 0 Å². The van der Waals surface area contributed by atoms with Crippen LogP contribution in [0.2, 0.25) is 0 Å². The van der Waals surface area contributed by atoms with Gasteiger partial charge in [-0.05, 0) is 48.9 Å². The van der Waals surface area contributed by atoms with Crippen LogP contribution in [0.5, 0.6) is 0 Å². The Morgan fingerprint density at radius 2 is 2.05 bits per heavy atom. The highest BCUT2D eigenvalue weighted by Crippen LogP contribution is 2.42. The third-order valence-electron chi connectivity index (χ3n) is 4.21. The molecule has 1 aromatic heterocycles. The van der Waals surface area contributed by atoms with Gasteiger partial charge in [0.1, 0.15) is 0 Å². The second-order valence-electron chi connectivity index (χ2n) is 5.62. The minimum atomic E-state index is -0.137. The van der Waals surface area contributed by atoms with E-state index >= 15 is 0 Å². The van der Waals surface area contributed by atoms with Crippen LogP contribution < -0.4 is 11.0 Å². The molecule has 0 radical (unpaired) electrons. The van der Waals surface area contributed by atoms with Gasteiger partial charge in [-0.2, -0.15) is 0 Å². The molecule has 0 saturated heterocycles. The summed E-state index contributed by atoms with van der Waals surface area (Å²) in [7, 11) is 0. The van der Waals surface area contributed by atoms with Crippen LogP contribution >= 0.6 is 0 Å². The maximum atomic E-state index is 11.3. The summed E-state index contributed by atoms with van der Waals surface area (Å²) in [6.45, 7) is 5.43. The van der Waals surface area contributed by atoms with Gasteiger partial charge in [0.05, 0.1) is 11.0 Å². The predicted octanol–water partition coefficient (Wildman–Crippen LogP) is 2.55. The summed E-state index contributed by atoms with van der Waals surface area (Å²) < 4.78 is 0. The molecule has 19 heavy (non-hydrogen) atoms. The van der Waals surface area contributed by atoms with Crippen molar-refractivity contribution in [1.29, 1.82) is 0 Å². The lowest BCUT2D eigenvalue weighted by Crippen LogP contribution is -2.27. The number of hydrogen-bond donors (Lipinski definition) is 3. The molecular weight excluding hydrogens is 238 g/mol. The van der Waals surface area contributed by atoms with E-state index in [1.54, 1.807) is 0 Å². The third kappa shape index (κ3) is 2.45. The van der Waals surface area contributed by atoms with Gasteiger partial charge in [-0.15, -0.1) is 0 Å². The van der Waals surface area contributed by atoms with Crippen LogP contribution in [0.4, 0.5) is 0 Å². The van der Waals surface area contributed by atoms with Crippen molar-refractivity contribution in [3.63, 3.8) is 0 Å². The first-order chi connectivity index (χ1) is 9.19. The van der Waals surface area contributed by atoms with Crippen LogP contribution in [0.1, 0.15) is 38.3 Å². The van der Waals surface area contributed by atoms with Crippen molar-refractivity contribution in [2.75, 3.05) is 6.54 Å². The van der Waals surface area contributed by atoms with Crippen molar-refractivity contribution in [3.05, 3.63) is 34.2 Å². The van der Waals surface area contributed by atoms with Crippen molar-refractivity contribution in [1.82, 2.24) is 15.3 Å². The smallest absolute Gasteiger partial charge is 0.310 e. The van der Waals surface area contributed by atoms with E-state index in [1.165, 1.54) is 18.4 Å². The van der Waals surface area contributed by atoms with Gasteiger partial charge < -0.3 is 15.3 Å². The average molecular weight is 259 g/mol. The molecule has 2 atom stereocenters. The second kappa shape index (κ2) is 4.85. The second-order valence-corrected chi connectivity index (χ2v) is 5.62. The molecule has 3 N–H and O–H groups in total. The highest BCUT2D eigenvalue weighted by Gasteiger charge is 2.33. The molecule has 0 bridgehead atoms. The first kappa shape index (κ1) is 12.5. The Labute approximate surface area is 112 Å². The number of hydrogen-bond acceptors (Lipinski definition) is 2.